The number of hydrogen-bond donors (Lipinski definition) is 2. The number of benzene rings is 1. The number of carbonyl (C=O) groups is 2. The van der Waals surface area contributed by atoms with Crippen molar-refractivity contribution in [1.29, 1.82) is 0 Å². The number of likely N-dealkylation sites (tertiary alicyclic amines) is 1. The fourth-order valence-electron chi connectivity index (χ4n) is 3.06. The van der Waals surface area contributed by atoms with Gasteiger partial charge >= 0.3 is 0 Å². The first-order chi connectivity index (χ1) is 11.4. The van der Waals surface area contributed by atoms with Crippen LogP contribution in [0.4, 0.5) is 5.69 Å². The van der Waals surface area contributed by atoms with Crippen molar-refractivity contribution in [2.24, 2.45) is 5.73 Å². The van der Waals surface area contributed by atoms with Crippen LogP contribution in [0.25, 0.3) is 0 Å². The summed E-state index contributed by atoms with van der Waals surface area (Å²) >= 11 is 0. The van der Waals surface area contributed by atoms with Crippen molar-refractivity contribution in [2.45, 2.75) is 57.9 Å². The monoisotopic (exact) mass is 331 g/mol. The summed E-state index contributed by atoms with van der Waals surface area (Å²) in [6.07, 6.45) is 6.03. The zero-order chi connectivity index (χ0) is 17.6. The van der Waals surface area contributed by atoms with E-state index in [4.69, 9.17) is 5.73 Å². The van der Waals surface area contributed by atoms with E-state index in [0.717, 1.165) is 32.4 Å². The van der Waals surface area contributed by atoms with E-state index in [-0.39, 0.29) is 11.8 Å². The highest BCUT2D eigenvalue weighted by Crippen LogP contribution is 2.17. The summed E-state index contributed by atoms with van der Waals surface area (Å²) < 4.78 is 0. The molecule has 0 aliphatic carbocycles. The van der Waals surface area contributed by atoms with Gasteiger partial charge in [-0.25, -0.2) is 0 Å². The molecular formula is C19H29N3O2. The lowest BCUT2D eigenvalue weighted by molar-refractivity contribution is -0.120. The van der Waals surface area contributed by atoms with E-state index >= 15 is 0 Å². The molecule has 1 unspecified atom stereocenters. The molecule has 1 fully saturated rings. The van der Waals surface area contributed by atoms with Crippen molar-refractivity contribution in [3.63, 3.8) is 0 Å². The highest BCUT2D eigenvalue weighted by atomic mass is 16.2. The van der Waals surface area contributed by atoms with Crippen molar-refractivity contribution in [2.75, 3.05) is 18.4 Å². The molecule has 0 saturated carbocycles. The van der Waals surface area contributed by atoms with Gasteiger partial charge in [0.1, 0.15) is 0 Å². The third kappa shape index (κ3) is 4.81. The van der Waals surface area contributed by atoms with Crippen LogP contribution in [0.15, 0.2) is 24.3 Å². The van der Waals surface area contributed by atoms with Gasteiger partial charge in [0, 0.05) is 24.3 Å². The zero-order valence-electron chi connectivity index (χ0n) is 14.8. The van der Waals surface area contributed by atoms with Crippen molar-refractivity contribution < 1.29 is 9.59 Å². The Bertz CT molecular complexity index is 558. The van der Waals surface area contributed by atoms with Crippen molar-refractivity contribution in [3.05, 3.63) is 29.8 Å². The first-order valence-corrected chi connectivity index (χ1v) is 8.94. The first-order valence-electron chi connectivity index (χ1n) is 8.94. The second-order valence-corrected chi connectivity index (χ2v) is 6.91. The molecule has 5 heteroatoms. The molecule has 2 rings (SSSR count). The van der Waals surface area contributed by atoms with Gasteiger partial charge in [-0.2, -0.15) is 0 Å². The van der Waals surface area contributed by atoms with Crippen molar-refractivity contribution in [1.82, 2.24) is 4.90 Å². The first kappa shape index (κ1) is 18.5. The number of nitrogens with one attached hydrogen (secondary N) is 1. The summed E-state index contributed by atoms with van der Waals surface area (Å²) in [5, 5.41) is 2.83. The van der Waals surface area contributed by atoms with Gasteiger partial charge in [0.15, 0.2) is 0 Å². The molecule has 5 nitrogen and oxygen atoms in total. The maximum absolute atomic E-state index is 12.5. The molecule has 3 N–H and O–H groups in total. The molecular weight excluding hydrogens is 302 g/mol. The molecule has 1 aromatic carbocycles. The molecule has 0 aromatic heterocycles. The van der Waals surface area contributed by atoms with Crippen molar-refractivity contribution in [3.8, 4) is 0 Å². The van der Waals surface area contributed by atoms with Gasteiger partial charge in [-0.1, -0.05) is 26.2 Å². The molecule has 24 heavy (non-hydrogen) atoms. The van der Waals surface area contributed by atoms with E-state index in [1.807, 2.05) is 11.8 Å². The van der Waals surface area contributed by atoms with Gasteiger partial charge in [0.05, 0.1) is 5.54 Å². The number of carbonyl (C=O) groups excluding carboxylic acids is 2. The fourth-order valence-corrected chi connectivity index (χ4v) is 3.06. The van der Waals surface area contributed by atoms with Crippen LogP contribution >= 0.6 is 0 Å². The molecule has 0 spiro atoms. The van der Waals surface area contributed by atoms with Crippen LogP contribution in [0, 0.1) is 0 Å². The molecule has 0 radical (unpaired) electrons. The molecule has 1 aromatic rings. The van der Waals surface area contributed by atoms with E-state index in [9.17, 15) is 9.59 Å². The van der Waals surface area contributed by atoms with E-state index in [0.29, 0.717) is 17.7 Å². The molecule has 1 aliphatic heterocycles. The van der Waals surface area contributed by atoms with Gasteiger partial charge in [0.25, 0.3) is 5.91 Å². The Morgan fingerprint density at radius 3 is 2.25 bits per heavy atom. The lowest BCUT2D eigenvalue weighted by Gasteiger charge is -2.23. The summed E-state index contributed by atoms with van der Waals surface area (Å²) in [4.78, 5) is 26.7. The Labute approximate surface area is 144 Å². The normalized spacial score (nSPS) is 17.7. The Balaban J connectivity index is 1.99. The van der Waals surface area contributed by atoms with Crippen LogP contribution in [-0.4, -0.2) is 35.3 Å². The molecule has 1 aliphatic rings. The maximum Gasteiger partial charge on any atom is 0.253 e. The zero-order valence-corrected chi connectivity index (χ0v) is 14.8. The second kappa shape index (κ2) is 8.29. The Hall–Kier alpha value is -1.88. The number of anilines is 1. The van der Waals surface area contributed by atoms with Gasteiger partial charge in [-0.15, -0.1) is 0 Å². The molecule has 132 valence electrons. The average molecular weight is 331 g/mol. The second-order valence-electron chi connectivity index (χ2n) is 6.91. The molecule has 1 atom stereocenters. The summed E-state index contributed by atoms with van der Waals surface area (Å²) in [5.41, 5.74) is 6.49. The average Bonchev–Trinajstić information content (AvgIpc) is 2.84. The SMILES string of the molecule is CCCC(C)(N)C(=O)Nc1ccc(C(=O)N2CCCCCC2)cc1. The predicted molar refractivity (Wildman–Crippen MR) is 96.9 cm³/mol. The molecule has 0 bridgehead atoms. The summed E-state index contributed by atoms with van der Waals surface area (Å²) in [6, 6.07) is 7.09. The van der Waals surface area contributed by atoms with E-state index in [2.05, 4.69) is 5.32 Å². The lowest BCUT2D eigenvalue weighted by Crippen LogP contribution is -2.48. The molecule has 2 amide bonds. The minimum atomic E-state index is -0.880. The molecule has 1 saturated heterocycles. The minimum absolute atomic E-state index is 0.0735. The van der Waals surface area contributed by atoms with Gasteiger partial charge in [0.2, 0.25) is 5.91 Å². The van der Waals surface area contributed by atoms with Crippen LogP contribution in [0.3, 0.4) is 0 Å². The Morgan fingerprint density at radius 2 is 1.71 bits per heavy atom. The smallest absolute Gasteiger partial charge is 0.253 e. The number of rotatable bonds is 5. The highest BCUT2D eigenvalue weighted by molar-refractivity contribution is 5.98. The summed E-state index contributed by atoms with van der Waals surface area (Å²) in [7, 11) is 0. The van der Waals surface area contributed by atoms with Crippen LogP contribution < -0.4 is 11.1 Å². The van der Waals surface area contributed by atoms with Crippen LogP contribution in [0.1, 0.15) is 62.7 Å². The maximum atomic E-state index is 12.5. The fraction of sp³-hybridized carbons (Fsp3) is 0.579. The topological polar surface area (TPSA) is 75.4 Å². The number of hydrogen-bond acceptors (Lipinski definition) is 3. The van der Waals surface area contributed by atoms with Gasteiger partial charge < -0.3 is 16.0 Å². The largest absolute Gasteiger partial charge is 0.339 e. The van der Waals surface area contributed by atoms with E-state index in [1.54, 1.807) is 31.2 Å². The standard InChI is InChI=1S/C19H29N3O2/c1-3-12-19(2,20)18(24)21-16-10-8-15(9-11-16)17(23)22-13-6-4-5-7-14-22/h8-11H,3-7,12-14,20H2,1-2H3,(H,21,24). The minimum Gasteiger partial charge on any atom is -0.339 e. The van der Waals surface area contributed by atoms with E-state index in [1.165, 1.54) is 12.8 Å². The van der Waals surface area contributed by atoms with Crippen LogP contribution in [0.2, 0.25) is 0 Å². The third-order valence-electron chi connectivity index (χ3n) is 4.57. The Kier molecular flexibility index (Phi) is 6.37. The van der Waals surface area contributed by atoms with Crippen LogP contribution in [-0.2, 0) is 4.79 Å². The number of amides is 2. The van der Waals surface area contributed by atoms with Crippen molar-refractivity contribution >= 4 is 17.5 Å². The Morgan fingerprint density at radius 1 is 1.12 bits per heavy atom. The number of nitrogens with zero attached hydrogens (tertiary/aromatic N) is 1. The van der Waals surface area contributed by atoms with E-state index < -0.39 is 5.54 Å². The number of nitrogens with two attached hydrogens (primary N) is 1. The molecule has 1 heterocycles. The highest BCUT2D eigenvalue weighted by Gasteiger charge is 2.27. The van der Waals surface area contributed by atoms with Gasteiger partial charge in [-0.05, 0) is 50.5 Å². The quantitative estimate of drug-likeness (QED) is 0.870. The predicted octanol–water partition coefficient (Wildman–Crippen LogP) is 3.16. The van der Waals surface area contributed by atoms with Crippen LogP contribution in [0.5, 0.6) is 0 Å². The summed E-state index contributed by atoms with van der Waals surface area (Å²) in [5.74, 6) is -0.125. The third-order valence-corrected chi connectivity index (χ3v) is 4.57. The van der Waals surface area contributed by atoms with Gasteiger partial charge in [-0.3, -0.25) is 9.59 Å². The lowest BCUT2D eigenvalue weighted by atomic mass is 9.96. The summed E-state index contributed by atoms with van der Waals surface area (Å²) in [6.45, 7) is 5.41.